The van der Waals surface area contributed by atoms with Gasteiger partial charge in [-0.25, -0.2) is 4.39 Å². The van der Waals surface area contributed by atoms with Crippen LogP contribution in [0.25, 0.3) is 0 Å². The van der Waals surface area contributed by atoms with E-state index < -0.39 is 46.5 Å². The number of Topliss-reactive ketones (excluding diaryl/α,β-unsaturated/α-hetero) is 1. The van der Waals surface area contributed by atoms with Crippen LogP contribution < -0.4 is 4.90 Å². The molecule has 0 saturated heterocycles. The second-order valence-electron chi connectivity index (χ2n) is 4.10. The summed E-state index contributed by atoms with van der Waals surface area (Å²) in [5.74, 6) is -4.14. The average Bonchev–Trinajstić information content (AvgIpc) is 2.33. The van der Waals surface area contributed by atoms with E-state index in [-0.39, 0.29) is 4.47 Å². The summed E-state index contributed by atoms with van der Waals surface area (Å²) < 4.78 is 50.9. The van der Waals surface area contributed by atoms with Gasteiger partial charge in [-0.2, -0.15) is 13.2 Å². The molecular formula is C11H8BrF4N3O3. The van der Waals surface area contributed by atoms with E-state index >= 15 is 0 Å². The van der Waals surface area contributed by atoms with Crippen molar-refractivity contribution in [1.29, 1.82) is 5.41 Å². The van der Waals surface area contributed by atoms with Gasteiger partial charge < -0.3 is 4.90 Å². The first-order valence-electron chi connectivity index (χ1n) is 5.51. The average molecular weight is 386 g/mol. The number of benzene rings is 1. The summed E-state index contributed by atoms with van der Waals surface area (Å²) in [7, 11) is 0. The lowest BCUT2D eigenvalue weighted by atomic mass is 10.2. The molecule has 6 nitrogen and oxygen atoms in total. The summed E-state index contributed by atoms with van der Waals surface area (Å²) in [6.45, 7) is -0.451. The smallest absolute Gasteiger partial charge is 0.315 e. The van der Waals surface area contributed by atoms with Crippen LogP contribution in [-0.2, 0) is 4.79 Å². The summed E-state index contributed by atoms with van der Waals surface area (Å²) in [6, 6.07) is 1.66. The number of alkyl halides is 3. The van der Waals surface area contributed by atoms with Gasteiger partial charge in [0.15, 0.2) is 11.5 Å². The quantitative estimate of drug-likeness (QED) is 0.282. The fourth-order valence-corrected chi connectivity index (χ4v) is 1.98. The number of anilines is 1. The number of nitrogens with one attached hydrogen (secondary N) is 1. The van der Waals surface area contributed by atoms with Crippen molar-refractivity contribution in [2.45, 2.75) is 13.1 Å². The summed E-state index contributed by atoms with van der Waals surface area (Å²) >= 11 is 2.82. The van der Waals surface area contributed by atoms with E-state index in [9.17, 15) is 32.5 Å². The molecule has 1 aromatic carbocycles. The van der Waals surface area contributed by atoms with E-state index in [1.54, 1.807) is 0 Å². The number of nitro groups is 1. The molecule has 22 heavy (non-hydrogen) atoms. The number of halogens is 5. The van der Waals surface area contributed by atoms with Crippen LogP contribution in [0.1, 0.15) is 6.92 Å². The van der Waals surface area contributed by atoms with Crippen molar-refractivity contribution in [2.75, 3.05) is 11.4 Å². The van der Waals surface area contributed by atoms with Gasteiger partial charge in [-0.1, -0.05) is 15.9 Å². The molecule has 11 heteroatoms. The van der Waals surface area contributed by atoms with Gasteiger partial charge in [0.2, 0.25) is 0 Å². The molecule has 0 saturated carbocycles. The highest BCUT2D eigenvalue weighted by atomic mass is 79.9. The molecule has 120 valence electrons. The SMILES string of the molecule is CC(=N)N(CC(=O)C(F)(F)F)c1c(F)cc(Br)cc1[N+](=O)[O-]. The first-order chi connectivity index (χ1) is 9.95. The maximum Gasteiger partial charge on any atom is 0.451 e. The summed E-state index contributed by atoms with van der Waals surface area (Å²) in [6.07, 6.45) is -5.20. The van der Waals surface area contributed by atoms with Gasteiger partial charge in [-0.15, -0.1) is 0 Å². The van der Waals surface area contributed by atoms with Crippen LogP contribution in [0.15, 0.2) is 16.6 Å². The first kappa shape index (κ1) is 18.0. The van der Waals surface area contributed by atoms with Crippen LogP contribution in [0.2, 0.25) is 0 Å². The van der Waals surface area contributed by atoms with E-state index in [1.807, 2.05) is 0 Å². The zero-order chi connectivity index (χ0) is 17.2. The molecule has 0 aliphatic heterocycles. The Morgan fingerprint density at radius 1 is 1.45 bits per heavy atom. The number of nitro benzene ring substituents is 1. The maximum absolute atomic E-state index is 14.0. The lowest BCUT2D eigenvalue weighted by Crippen LogP contribution is -2.40. The van der Waals surface area contributed by atoms with Gasteiger partial charge in [0.25, 0.3) is 11.5 Å². The molecular weight excluding hydrogens is 378 g/mol. The molecule has 1 aromatic rings. The molecule has 0 aromatic heterocycles. The van der Waals surface area contributed by atoms with Crippen molar-refractivity contribution < 1.29 is 27.3 Å². The highest BCUT2D eigenvalue weighted by Gasteiger charge is 2.40. The van der Waals surface area contributed by atoms with Crippen LogP contribution in [0.3, 0.4) is 0 Å². The normalized spacial score (nSPS) is 11.2. The van der Waals surface area contributed by atoms with Gasteiger partial charge in [0, 0.05) is 10.5 Å². The summed E-state index contributed by atoms with van der Waals surface area (Å²) in [5, 5.41) is 18.3. The van der Waals surface area contributed by atoms with Crippen LogP contribution in [0.5, 0.6) is 0 Å². The molecule has 1 N–H and O–H groups in total. The number of carbonyl (C=O) groups is 1. The molecule has 0 spiro atoms. The van der Waals surface area contributed by atoms with Gasteiger partial charge in [0.05, 0.1) is 17.3 Å². The van der Waals surface area contributed by atoms with Crippen molar-refractivity contribution >= 4 is 38.9 Å². The lowest BCUT2D eigenvalue weighted by molar-refractivity contribution is -0.384. The van der Waals surface area contributed by atoms with Crippen LogP contribution >= 0.6 is 15.9 Å². The monoisotopic (exact) mass is 385 g/mol. The number of hydrogen-bond donors (Lipinski definition) is 1. The molecule has 0 fully saturated rings. The maximum atomic E-state index is 14.0. The predicted octanol–water partition coefficient (Wildman–Crippen LogP) is 3.43. The van der Waals surface area contributed by atoms with E-state index in [0.29, 0.717) is 4.90 Å². The Morgan fingerprint density at radius 2 is 2.00 bits per heavy atom. The standard InChI is InChI=1S/C11H8BrF4N3O3/c1-5(17)18(4-9(20)11(14,15)16)10-7(13)2-6(12)3-8(10)19(21)22/h2-3,17H,4H2,1H3. The third-order valence-corrected chi connectivity index (χ3v) is 2.96. The number of hydrogen-bond acceptors (Lipinski definition) is 4. The first-order valence-corrected chi connectivity index (χ1v) is 6.30. The number of rotatable bonds is 4. The summed E-state index contributed by atoms with van der Waals surface area (Å²) in [5.41, 5.74) is -1.74. The molecule has 0 aliphatic rings. The second kappa shape index (κ2) is 6.38. The van der Waals surface area contributed by atoms with E-state index in [4.69, 9.17) is 5.41 Å². The molecule has 0 amide bonds. The molecule has 0 atom stereocenters. The largest absolute Gasteiger partial charge is 0.451 e. The van der Waals surface area contributed by atoms with Crippen LogP contribution in [-0.4, -0.2) is 29.3 Å². The predicted molar refractivity (Wildman–Crippen MR) is 72.6 cm³/mol. The minimum absolute atomic E-state index is 0.00909. The van der Waals surface area contributed by atoms with E-state index in [1.165, 1.54) is 0 Å². The van der Waals surface area contributed by atoms with Gasteiger partial charge in [0.1, 0.15) is 0 Å². The lowest BCUT2D eigenvalue weighted by Gasteiger charge is -2.23. The van der Waals surface area contributed by atoms with Crippen LogP contribution in [0, 0.1) is 21.3 Å². The number of amidine groups is 1. The minimum Gasteiger partial charge on any atom is -0.315 e. The Hall–Kier alpha value is -2.04. The Bertz CT molecular complexity index is 648. The Morgan fingerprint density at radius 3 is 2.41 bits per heavy atom. The van der Waals surface area contributed by atoms with Gasteiger partial charge in [-0.05, 0) is 13.0 Å². The molecule has 0 bridgehead atoms. The van der Waals surface area contributed by atoms with Crippen molar-refractivity contribution in [3.05, 3.63) is 32.5 Å². The Labute approximate surface area is 129 Å². The summed E-state index contributed by atoms with van der Waals surface area (Å²) in [4.78, 5) is 21.3. The highest BCUT2D eigenvalue weighted by molar-refractivity contribution is 9.10. The highest BCUT2D eigenvalue weighted by Crippen LogP contribution is 2.35. The second-order valence-corrected chi connectivity index (χ2v) is 5.02. The van der Waals surface area contributed by atoms with E-state index in [2.05, 4.69) is 15.9 Å². The van der Waals surface area contributed by atoms with Crippen LogP contribution in [0.4, 0.5) is 28.9 Å². The number of ketones is 1. The van der Waals surface area contributed by atoms with E-state index in [0.717, 1.165) is 19.1 Å². The molecule has 0 unspecified atom stereocenters. The fraction of sp³-hybridized carbons (Fsp3) is 0.273. The van der Waals surface area contributed by atoms with Crippen molar-refractivity contribution in [3.8, 4) is 0 Å². The van der Waals surface area contributed by atoms with Gasteiger partial charge >= 0.3 is 6.18 Å². The van der Waals surface area contributed by atoms with Crippen molar-refractivity contribution in [3.63, 3.8) is 0 Å². The third-order valence-electron chi connectivity index (χ3n) is 2.50. The zero-order valence-corrected chi connectivity index (χ0v) is 12.5. The van der Waals surface area contributed by atoms with Crippen molar-refractivity contribution in [2.24, 2.45) is 0 Å². The number of carbonyl (C=O) groups excluding carboxylic acids is 1. The van der Waals surface area contributed by atoms with Crippen molar-refractivity contribution in [1.82, 2.24) is 0 Å². The zero-order valence-electron chi connectivity index (χ0n) is 10.9. The molecule has 0 radical (unpaired) electrons. The fourth-order valence-electron chi connectivity index (χ4n) is 1.56. The Kier molecular flexibility index (Phi) is 5.22. The topological polar surface area (TPSA) is 87.3 Å². The molecule has 1 rings (SSSR count). The minimum atomic E-state index is -5.20. The number of nitrogens with zero attached hydrogens (tertiary/aromatic N) is 2. The third kappa shape index (κ3) is 4.00. The molecule has 0 aliphatic carbocycles. The Balaban J connectivity index is 3.43. The molecule has 0 heterocycles. The van der Waals surface area contributed by atoms with Gasteiger partial charge in [-0.3, -0.25) is 20.3 Å².